The number of nitrogens with zero attached hydrogens (tertiary/aromatic N) is 1. The minimum atomic E-state index is -0.0905. The first-order valence-corrected chi connectivity index (χ1v) is 10.9. The number of carbonyl (C=O) groups is 1. The summed E-state index contributed by atoms with van der Waals surface area (Å²) in [6, 6.07) is 5.85. The van der Waals surface area contributed by atoms with E-state index in [1.165, 1.54) is 18.4 Å². The van der Waals surface area contributed by atoms with Gasteiger partial charge in [-0.1, -0.05) is 6.92 Å². The Hall–Kier alpha value is -2.05. The van der Waals surface area contributed by atoms with E-state index in [4.69, 9.17) is 13.9 Å². The van der Waals surface area contributed by atoms with E-state index >= 15 is 0 Å². The van der Waals surface area contributed by atoms with Crippen molar-refractivity contribution in [2.45, 2.75) is 51.5 Å². The quantitative estimate of drug-likeness (QED) is 0.773. The van der Waals surface area contributed by atoms with Crippen LogP contribution in [-0.4, -0.2) is 55.8 Å². The molecule has 1 N–H and O–H groups in total. The van der Waals surface area contributed by atoms with Crippen molar-refractivity contribution in [3.63, 3.8) is 0 Å². The van der Waals surface area contributed by atoms with Crippen molar-refractivity contribution in [2.75, 3.05) is 39.5 Å². The molecule has 1 aromatic heterocycles. The van der Waals surface area contributed by atoms with Gasteiger partial charge in [-0.25, -0.2) is 0 Å². The van der Waals surface area contributed by atoms with E-state index in [9.17, 15) is 4.79 Å². The lowest BCUT2D eigenvalue weighted by molar-refractivity contribution is -0.124. The first-order valence-electron chi connectivity index (χ1n) is 10.9. The Balaban J connectivity index is 1.33. The summed E-state index contributed by atoms with van der Waals surface area (Å²) in [4.78, 5) is 14.8. The molecule has 1 atom stereocenters. The summed E-state index contributed by atoms with van der Waals surface area (Å²) in [6.07, 6.45) is 5.44. The standard InChI is InChI=1S/C23H32N2O4/c1-3-23(2,25-10-12-27-13-11-25)16-24-22(26)15-28-17-8-9-21-19(14-17)18-6-4-5-7-20(18)29-21/h8-9,14H,3-7,10-13,15-16H2,1-2H3,(H,24,26). The molecule has 6 heteroatoms. The van der Waals surface area contributed by atoms with Crippen molar-refractivity contribution in [1.29, 1.82) is 0 Å². The monoisotopic (exact) mass is 400 g/mol. The van der Waals surface area contributed by atoms with E-state index in [0.29, 0.717) is 12.3 Å². The van der Waals surface area contributed by atoms with Crippen molar-refractivity contribution in [3.05, 3.63) is 29.5 Å². The zero-order valence-corrected chi connectivity index (χ0v) is 17.6. The lowest BCUT2D eigenvalue weighted by Gasteiger charge is -2.43. The van der Waals surface area contributed by atoms with Crippen LogP contribution in [0.3, 0.4) is 0 Å². The number of carbonyl (C=O) groups excluding carboxylic acids is 1. The van der Waals surface area contributed by atoms with E-state index in [2.05, 4.69) is 24.1 Å². The molecule has 1 unspecified atom stereocenters. The van der Waals surface area contributed by atoms with E-state index in [0.717, 1.165) is 62.3 Å². The first-order chi connectivity index (χ1) is 14.1. The van der Waals surface area contributed by atoms with Gasteiger partial charge in [-0.3, -0.25) is 9.69 Å². The van der Waals surface area contributed by atoms with Gasteiger partial charge in [-0.15, -0.1) is 0 Å². The van der Waals surface area contributed by atoms with Gasteiger partial charge in [0, 0.05) is 42.5 Å². The van der Waals surface area contributed by atoms with Gasteiger partial charge in [0.05, 0.1) is 13.2 Å². The lowest BCUT2D eigenvalue weighted by Crippen LogP contribution is -2.57. The first kappa shape index (κ1) is 20.2. The molecule has 2 aliphatic rings. The molecule has 4 rings (SSSR count). The summed E-state index contributed by atoms with van der Waals surface area (Å²) in [5.74, 6) is 1.74. The topological polar surface area (TPSA) is 63.9 Å². The SMILES string of the molecule is CCC(C)(CNC(=O)COc1ccc2oc3c(c2c1)CCCC3)N1CCOCC1. The fraction of sp³-hybridized carbons (Fsp3) is 0.609. The highest BCUT2D eigenvalue weighted by Gasteiger charge is 2.31. The maximum atomic E-state index is 12.4. The summed E-state index contributed by atoms with van der Waals surface area (Å²) in [7, 11) is 0. The predicted octanol–water partition coefficient (Wildman–Crippen LogP) is 3.31. The Morgan fingerprint density at radius 1 is 1.24 bits per heavy atom. The van der Waals surface area contributed by atoms with Gasteiger partial charge < -0.3 is 19.2 Å². The molecule has 1 aliphatic carbocycles. The van der Waals surface area contributed by atoms with Crippen LogP contribution in [0.25, 0.3) is 11.0 Å². The average molecular weight is 401 g/mol. The van der Waals surface area contributed by atoms with Crippen LogP contribution < -0.4 is 10.1 Å². The summed E-state index contributed by atoms with van der Waals surface area (Å²) in [5.41, 5.74) is 2.16. The maximum Gasteiger partial charge on any atom is 0.258 e. The molecule has 1 fully saturated rings. The molecule has 0 spiro atoms. The number of benzene rings is 1. The highest BCUT2D eigenvalue weighted by molar-refractivity contribution is 5.84. The summed E-state index contributed by atoms with van der Waals surface area (Å²) < 4.78 is 17.2. The van der Waals surface area contributed by atoms with Crippen LogP contribution in [-0.2, 0) is 22.4 Å². The van der Waals surface area contributed by atoms with Crippen molar-refractivity contribution in [3.8, 4) is 5.75 Å². The molecule has 2 heterocycles. The van der Waals surface area contributed by atoms with Crippen LogP contribution in [0.1, 0.15) is 44.4 Å². The summed E-state index contributed by atoms with van der Waals surface area (Å²) in [5, 5.41) is 4.19. The average Bonchev–Trinajstić information content (AvgIpc) is 3.14. The summed E-state index contributed by atoms with van der Waals surface area (Å²) >= 11 is 0. The number of furan rings is 1. The Morgan fingerprint density at radius 3 is 2.83 bits per heavy atom. The van der Waals surface area contributed by atoms with Crippen LogP contribution in [0.5, 0.6) is 5.75 Å². The van der Waals surface area contributed by atoms with Gasteiger partial charge in [0.1, 0.15) is 17.1 Å². The third-order valence-corrected chi connectivity index (χ3v) is 6.50. The molecule has 1 aliphatic heterocycles. The van der Waals surface area contributed by atoms with Crippen molar-refractivity contribution in [2.24, 2.45) is 0 Å². The number of amides is 1. The van der Waals surface area contributed by atoms with Gasteiger partial charge in [0.2, 0.25) is 0 Å². The van der Waals surface area contributed by atoms with Crippen LogP contribution in [0.4, 0.5) is 0 Å². The predicted molar refractivity (Wildman–Crippen MR) is 112 cm³/mol. The van der Waals surface area contributed by atoms with Crippen molar-refractivity contribution in [1.82, 2.24) is 10.2 Å². The smallest absolute Gasteiger partial charge is 0.258 e. The van der Waals surface area contributed by atoms with Gasteiger partial charge in [-0.05, 0) is 50.8 Å². The Bertz CT molecular complexity index is 856. The number of nitrogens with one attached hydrogen (secondary N) is 1. The van der Waals surface area contributed by atoms with Crippen molar-refractivity contribution >= 4 is 16.9 Å². The highest BCUT2D eigenvalue weighted by atomic mass is 16.5. The molecule has 2 aromatic rings. The number of morpholine rings is 1. The number of aryl methyl sites for hydroxylation is 2. The van der Waals surface area contributed by atoms with Crippen LogP contribution in [0.15, 0.2) is 22.6 Å². The second-order valence-corrected chi connectivity index (χ2v) is 8.38. The van der Waals surface area contributed by atoms with Crippen LogP contribution in [0, 0.1) is 0 Å². The number of fused-ring (bicyclic) bond motifs is 3. The number of hydrogen-bond acceptors (Lipinski definition) is 5. The van der Waals surface area contributed by atoms with E-state index in [-0.39, 0.29) is 18.1 Å². The van der Waals surface area contributed by atoms with Gasteiger partial charge in [-0.2, -0.15) is 0 Å². The molecule has 0 radical (unpaired) electrons. The maximum absolute atomic E-state index is 12.4. The van der Waals surface area contributed by atoms with Crippen LogP contribution in [0.2, 0.25) is 0 Å². The Labute approximate surface area is 172 Å². The van der Waals surface area contributed by atoms with Crippen LogP contribution >= 0.6 is 0 Å². The largest absolute Gasteiger partial charge is 0.484 e. The molecular weight excluding hydrogens is 368 g/mol. The van der Waals surface area contributed by atoms with Gasteiger partial charge >= 0.3 is 0 Å². The third-order valence-electron chi connectivity index (χ3n) is 6.50. The van der Waals surface area contributed by atoms with Gasteiger partial charge in [0.25, 0.3) is 5.91 Å². The number of rotatable bonds is 7. The number of ether oxygens (including phenoxy) is 2. The van der Waals surface area contributed by atoms with E-state index < -0.39 is 0 Å². The van der Waals surface area contributed by atoms with Crippen molar-refractivity contribution < 1.29 is 18.7 Å². The molecule has 0 saturated carbocycles. The van der Waals surface area contributed by atoms with E-state index in [1.54, 1.807) is 0 Å². The molecular formula is C23H32N2O4. The number of hydrogen-bond donors (Lipinski definition) is 1. The van der Waals surface area contributed by atoms with E-state index in [1.807, 2.05) is 18.2 Å². The minimum absolute atomic E-state index is 0.0223. The normalized spacial score (nSPS) is 19.5. The molecule has 0 bridgehead atoms. The summed E-state index contributed by atoms with van der Waals surface area (Å²) in [6.45, 7) is 8.33. The second kappa shape index (κ2) is 8.76. The third kappa shape index (κ3) is 4.43. The highest BCUT2D eigenvalue weighted by Crippen LogP contribution is 2.33. The molecule has 1 aromatic carbocycles. The zero-order chi connectivity index (χ0) is 20.3. The zero-order valence-electron chi connectivity index (χ0n) is 17.6. The molecule has 1 amide bonds. The Morgan fingerprint density at radius 2 is 2.03 bits per heavy atom. The second-order valence-electron chi connectivity index (χ2n) is 8.38. The fourth-order valence-corrected chi connectivity index (χ4v) is 4.38. The molecule has 158 valence electrons. The molecule has 6 nitrogen and oxygen atoms in total. The Kier molecular flexibility index (Phi) is 6.11. The minimum Gasteiger partial charge on any atom is -0.484 e. The molecule has 1 saturated heterocycles. The molecule has 29 heavy (non-hydrogen) atoms. The van der Waals surface area contributed by atoms with Gasteiger partial charge in [0.15, 0.2) is 6.61 Å². The lowest BCUT2D eigenvalue weighted by atomic mass is 9.95. The fourth-order valence-electron chi connectivity index (χ4n) is 4.38.